The van der Waals surface area contributed by atoms with Crippen molar-refractivity contribution >= 4 is 45.2 Å². The summed E-state index contributed by atoms with van der Waals surface area (Å²) in [5.41, 5.74) is 1.37. The Morgan fingerprint density at radius 3 is 2.38 bits per heavy atom. The normalized spacial score (nSPS) is 10.7. The molecule has 0 heterocycles. The number of hydrogen-bond acceptors (Lipinski definition) is 5. The van der Waals surface area contributed by atoms with Gasteiger partial charge in [0.05, 0.1) is 0 Å². The van der Waals surface area contributed by atoms with Crippen molar-refractivity contribution in [3.05, 3.63) is 88.4 Å². The molecule has 0 saturated heterocycles. The minimum Gasteiger partial charge on any atom is -0.508 e. The Bertz CT molecular complexity index is 1190. The SMILES string of the molecule is N#C/C(=C\c1cc(Br)ccc1OCC(=O)Nc1ccccc1)C(=O)Nc1ccc(O)cc1. The zero-order valence-corrected chi connectivity index (χ0v) is 18.3. The number of aromatic hydroxyl groups is 1. The molecule has 3 N–H and O–H groups in total. The summed E-state index contributed by atoms with van der Waals surface area (Å²) in [4.78, 5) is 24.7. The highest BCUT2D eigenvalue weighted by Crippen LogP contribution is 2.26. The number of anilines is 2. The molecule has 160 valence electrons. The number of benzene rings is 3. The average molecular weight is 492 g/mol. The highest BCUT2D eigenvalue weighted by molar-refractivity contribution is 9.10. The van der Waals surface area contributed by atoms with Crippen molar-refractivity contribution in [2.45, 2.75) is 0 Å². The first-order valence-electron chi connectivity index (χ1n) is 9.44. The number of nitrogens with zero attached hydrogens (tertiary/aromatic N) is 1. The van der Waals surface area contributed by atoms with Crippen LogP contribution in [0.5, 0.6) is 11.5 Å². The molecule has 0 spiro atoms. The maximum absolute atomic E-state index is 12.5. The van der Waals surface area contributed by atoms with Crippen LogP contribution in [0.15, 0.2) is 82.8 Å². The minimum atomic E-state index is -0.620. The fraction of sp³-hybridized carbons (Fsp3) is 0.0417. The highest BCUT2D eigenvalue weighted by atomic mass is 79.9. The molecule has 0 aliphatic heterocycles. The van der Waals surface area contributed by atoms with E-state index in [1.54, 1.807) is 42.5 Å². The maximum Gasteiger partial charge on any atom is 0.266 e. The summed E-state index contributed by atoms with van der Waals surface area (Å²) in [5.74, 6) is -0.571. The lowest BCUT2D eigenvalue weighted by Crippen LogP contribution is -2.20. The minimum absolute atomic E-state index is 0.0614. The zero-order chi connectivity index (χ0) is 22.9. The van der Waals surface area contributed by atoms with Crippen LogP contribution in [0.3, 0.4) is 0 Å². The van der Waals surface area contributed by atoms with Crippen LogP contribution in [0.4, 0.5) is 11.4 Å². The number of halogens is 1. The molecule has 7 nitrogen and oxygen atoms in total. The number of phenolic OH excluding ortho intramolecular Hbond substituents is 1. The average Bonchev–Trinajstić information content (AvgIpc) is 2.79. The van der Waals surface area contributed by atoms with E-state index in [2.05, 4.69) is 26.6 Å². The van der Waals surface area contributed by atoms with Crippen LogP contribution in [0.2, 0.25) is 0 Å². The summed E-state index contributed by atoms with van der Waals surface area (Å²) in [7, 11) is 0. The van der Waals surface area contributed by atoms with Crippen LogP contribution in [0.25, 0.3) is 6.08 Å². The van der Waals surface area contributed by atoms with Gasteiger partial charge in [0, 0.05) is 21.4 Å². The lowest BCUT2D eigenvalue weighted by Gasteiger charge is -2.11. The van der Waals surface area contributed by atoms with Gasteiger partial charge in [0.15, 0.2) is 6.61 Å². The van der Waals surface area contributed by atoms with E-state index >= 15 is 0 Å². The number of amides is 2. The van der Waals surface area contributed by atoms with Gasteiger partial charge >= 0.3 is 0 Å². The van der Waals surface area contributed by atoms with Gasteiger partial charge in [-0.25, -0.2) is 0 Å². The van der Waals surface area contributed by atoms with Gasteiger partial charge in [-0.1, -0.05) is 34.1 Å². The fourth-order valence-electron chi connectivity index (χ4n) is 2.67. The molecule has 0 aliphatic rings. The Hall–Kier alpha value is -4.09. The topological polar surface area (TPSA) is 111 Å². The number of rotatable bonds is 7. The van der Waals surface area contributed by atoms with Gasteiger partial charge in [-0.3, -0.25) is 9.59 Å². The number of para-hydroxylation sites is 1. The molecule has 3 aromatic rings. The smallest absolute Gasteiger partial charge is 0.266 e. The predicted molar refractivity (Wildman–Crippen MR) is 125 cm³/mol. The molecular weight excluding hydrogens is 474 g/mol. The predicted octanol–water partition coefficient (Wildman–Crippen LogP) is 4.72. The van der Waals surface area contributed by atoms with Gasteiger partial charge < -0.3 is 20.5 Å². The van der Waals surface area contributed by atoms with E-state index in [1.165, 1.54) is 30.3 Å². The van der Waals surface area contributed by atoms with E-state index in [-0.39, 0.29) is 23.8 Å². The number of carbonyl (C=O) groups is 2. The van der Waals surface area contributed by atoms with Gasteiger partial charge in [-0.2, -0.15) is 5.26 Å². The van der Waals surface area contributed by atoms with Crippen molar-refractivity contribution in [3.8, 4) is 17.6 Å². The van der Waals surface area contributed by atoms with Crippen molar-refractivity contribution in [1.82, 2.24) is 0 Å². The number of ether oxygens (including phenoxy) is 1. The lowest BCUT2D eigenvalue weighted by molar-refractivity contribution is -0.118. The van der Waals surface area contributed by atoms with E-state index in [9.17, 15) is 20.0 Å². The Morgan fingerprint density at radius 2 is 1.69 bits per heavy atom. The summed E-state index contributed by atoms with van der Waals surface area (Å²) in [6.45, 7) is -0.251. The molecular formula is C24H18BrN3O4. The van der Waals surface area contributed by atoms with Crippen LogP contribution < -0.4 is 15.4 Å². The Labute approximate surface area is 193 Å². The maximum atomic E-state index is 12.5. The Kier molecular flexibility index (Phi) is 7.62. The standard InChI is InChI=1S/C24H18BrN3O4/c25-18-6-11-22(32-15-23(30)27-19-4-2-1-3-5-19)16(13-18)12-17(14-26)24(31)28-20-7-9-21(29)10-8-20/h1-13,29H,15H2,(H,27,30)(H,28,31)/b17-12+. The van der Waals surface area contributed by atoms with Crippen molar-refractivity contribution in [1.29, 1.82) is 5.26 Å². The number of carbonyl (C=O) groups excluding carboxylic acids is 2. The Balaban J connectivity index is 1.74. The van der Waals surface area contributed by atoms with Gasteiger partial charge in [-0.15, -0.1) is 0 Å². The summed E-state index contributed by atoms with van der Waals surface area (Å²) in [5, 5.41) is 24.1. The van der Waals surface area contributed by atoms with Crippen LogP contribution in [-0.2, 0) is 9.59 Å². The van der Waals surface area contributed by atoms with Crippen LogP contribution in [-0.4, -0.2) is 23.5 Å². The second-order valence-electron chi connectivity index (χ2n) is 6.56. The summed E-state index contributed by atoms with van der Waals surface area (Å²) < 4.78 is 6.35. The van der Waals surface area contributed by atoms with Crippen LogP contribution in [0, 0.1) is 11.3 Å². The molecule has 3 rings (SSSR count). The quantitative estimate of drug-likeness (QED) is 0.251. The molecule has 0 fully saturated rings. The summed E-state index contributed by atoms with van der Waals surface area (Å²) in [6.07, 6.45) is 1.38. The monoisotopic (exact) mass is 491 g/mol. The first kappa shape index (κ1) is 22.6. The van der Waals surface area contributed by atoms with Crippen LogP contribution in [0.1, 0.15) is 5.56 Å². The molecule has 0 radical (unpaired) electrons. The summed E-state index contributed by atoms with van der Waals surface area (Å²) >= 11 is 3.36. The van der Waals surface area contributed by atoms with Crippen molar-refractivity contribution in [2.24, 2.45) is 0 Å². The van der Waals surface area contributed by atoms with E-state index in [4.69, 9.17) is 4.74 Å². The fourth-order valence-corrected chi connectivity index (χ4v) is 3.05. The van der Waals surface area contributed by atoms with Gasteiger partial charge in [0.25, 0.3) is 11.8 Å². The Morgan fingerprint density at radius 1 is 1.00 bits per heavy atom. The third-order valence-electron chi connectivity index (χ3n) is 4.18. The van der Waals surface area contributed by atoms with Gasteiger partial charge in [0.1, 0.15) is 23.1 Å². The molecule has 0 bridgehead atoms. The lowest BCUT2D eigenvalue weighted by atomic mass is 10.1. The first-order valence-corrected chi connectivity index (χ1v) is 10.2. The molecule has 0 saturated carbocycles. The molecule has 32 heavy (non-hydrogen) atoms. The molecule has 2 amide bonds. The van der Waals surface area contributed by atoms with E-state index in [0.717, 1.165) is 0 Å². The number of nitrogens with one attached hydrogen (secondary N) is 2. The van der Waals surface area contributed by atoms with E-state index in [0.29, 0.717) is 27.2 Å². The zero-order valence-electron chi connectivity index (χ0n) is 16.7. The molecule has 3 aromatic carbocycles. The highest BCUT2D eigenvalue weighted by Gasteiger charge is 2.13. The molecule has 0 unspecified atom stereocenters. The van der Waals surface area contributed by atoms with E-state index in [1.807, 2.05) is 12.1 Å². The van der Waals surface area contributed by atoms with Gasteiger partial charge in [-0.05, 0) is 60.7 Å². The number of nitriles is 1. The molecule has 8 heteroatoms. The molecule has 0 aliphatic carbocycles. The van der Waals surface area contributed by atoms with Crippen molar-refractivity contribution in [3.63, 3.8) is 0 Å². The molecule has 0 aromatic heterocycles. The van der Waals surface area contributed by atoms with Crippen molar-refractivity contribution < 1.29 is 19.4 Å². The van der Waals surface area contributed by atoms with Crippen LogP contribution >= 0.6 is 15.9 Å². The van der Waals surface area contributed by atoms with E-state index < -0.39 is 5.91 Å². The summed E-state index contributed by atoms with van der Waals surface area (Å²) in [6, 6.07) is 21.8. The second kappa shape index (κ2) is 10.8. The second-order valence-corrected chi connectivity index (χ2v) is 7.47. The number of phenols is 1. The third kappa shape index (κ3) is 6.45. The first-order chi connectivity index (χ1) is 15.4. The van der Waals surface area contributed by atoms with Gasteiger partial charge in [0.2, 0.25) is 0 Å². The number of hydrogen-bond donors (Lipinski definition) is 3. The van der Waals surface area contributed by atoms with Crippen molar-refractivity contribution in [2.75, 3.05) is 17.2 Å². The third-order valence-corrected chi connectivity index (χ3v) is 4.67. The largest absolute Gasteiger partial charge is 0.508 e. The molecule has 0 atom stereocenters.